The second-order valence-corrected chi connectivity index (χ2v) is 4.91. The minimum atomic E-state index is -0.621. The van der Waals surface area contributed by atoms with Gasteiger partial charge in [0, 0.05) is 12.1 Å². The van der Waals surface area contributed by atoms with E-state index in [1.807, 2.05) is 6.07 Å². The lowest BCUT2D eigenvalue weighted by atomic mass is 10.2. The highest BCUT2D eigenvalue weighted by atomic mass is 16.2. The smallest absolute Gasteiger partial charge is 0.306 e. The van der Waals surface area contributed by atoms with E-state index in [1.165, 1.54) is 4.90 Å². The number of nitrogens with zero attached hydrogens (tertiary/aromatic N) is 3. The van der Waals surface area contributed by atoms with E-state index in [0.717, 1.165) is 5.01 Å². The maximum atomic E-state index is 12.3. The molecule has 1 fully saturated rings. The van der Waals surface area contributed by atoms with Crippen molar-refractivity contribution < 1.29 is 14.4 Å². The summed E-state index contributed by atoms with van der Waals surface area (Å²) >= 11 is 0. The van der Waals surface area contributed by atoms with Gasteiger partial charge in [0.2, 0.25) is 5.91 Å². The first-order chi connectivity index (χ1) is 10.1. The molecule has 7 nitrogen and oxygen atoms in total. The van der Waals surface area contributed by atoms with Crippen LogP contribution in [0.2, 0.25) is 0 Å². The van der Waals surface area contributed by atoms with Gasteiger partial charge in [-0.25, -0.2) is 4.79 Å². The molecular formula is C14H14N4O3. The van der Waals surface area contributed by atoms with Gasteiger partial charge in [-0.05, 0) is 25.5 Å². The van der Waals surface area contributed by atoms with E-state index in [4.69, 9.17) is 0 Å². The maximum Gasteiger partial charge on any atom is 0.349 e. The lowest BCUT2D eigenvalue weighted by Crippen LogP contribution is -2.54. The molecule has 1 N–H and O–H groups in total. The summed E-state index contributed by atoms with van der Waals surface area (Å²) in [5.41, 5.74) is 0.577. The SMILES string of the molecule is CC1=NN(C(=O)Nc2ccccc2)C(=O)C2CCC(=O)N12. The van der Waals surface area contributed by atoms with Crippen LogP contribution in [0.4, 0.5) is 10.5 Å². The Hall–Kier alpha value is -2.70. The Morgan fingerprint density at radius 3 is 2.71 bits per heavy atom. The quantitative estimate of drug-likeness (QED) is 0.846. The molecule has 1 atom stereocenters. The molecule has 2 aliphatic heterocycles. The molecule has 1 aromatic rings. The summed E-state index contributed by atoms with van der Waals surface area (Å²) in [6, 6.07) is 7.58. The molecule has 2 heterocycles. The molecule has 3 rings (SSSR count). The fourth-order valence-corrected chi connectivity index (χ4v) is 2.55. The number of rotatable bonds is 1. The van der Waals surface area contributed by atoms with Crippen molar-refractivity contribution in [1.29, 1.82) is 0 Å². The monoisotopic (exact) mass is 286 g/mol. The van der Waals surface area contributed by atoms with Crippen LogP contribution in [-0.2, 0) is 9.59 Å². The first-order valence-electron chi connectivity index (χ1n) is 6.65. The summed E-state index contributed by atoms with van der Waals surface area (Å²) < 4.78 is 0. The Morgan fingerprint density at radius 1 is 1.29 bits per heavy atom. The zero-order chi connectivity index (χ0) is 15.0. The first kappa shape index (κ1) is 13.3. The van der Waals surface area contributed by atoms with E-state index >= 15 is 0 Å². The van der Waals surface area contributed by atoms with E-state index in [1.54, 1.807) is 31.2 Å². The zero-order valence-electron chi connectivity index (χ0n) is 11.4. The standard InChI is InChI=1S/C14H14N4O3/c1-9-16-18(13(20)11-7-8-12(19)17(9)11)14(21)15-10-5-3-2-4-6-10/h2-6,11H,7-8H2,1H3,(H,15,21). The van der Waals surface area contributed by atoms with Gasteiger partial charge in [-0.2, -0.15) is 0 Å². The number of amides is 4. The van der Waals surface area contributed by atoms with Gasteiger partial charge >= 0.3 is 6.03 Å². The number of amidine groups is 1. The van der Waals surface area contributed by atoms with Crippen LogP contribution in [0.15, 0.2) is 35.4 Å². The highest BCUT2D eigenvalue weighted by Crippen LogP contribution is 2.25. The number of imide groups is 1. The number of hydrazone groups is 1. The summed E-state index contributed by atoms with van der Waals surface area (Å²) in [4.78, 5) is 37.5. The molecule has 0 saturated carbocycles. The lowest BCUT2D eigenvalue weighted by molar-refractivity contribution is -0.137. The van der Waals surface area contributed by atoms with Crippen molar-refractivity contribution in [1.82, 2.24) is 9.91 Å². The second-order valence-electron chi connectivity index (χ2n) is 4.91. The van der Waals surface area contributed by atoms with Gasteiger partial charge in [0.15, 0.2) is 0 Å². The molecule has 0 radical (unpaired) electrons. The van der Waals surface area contributed by atoms with Crippen molar-refractivity contribution in [2.45, 2.75) is 25.8 Å². The fourth-order valence-electron chi connectivity index (χ4n) is 2.55. The molecule has 0 bridgehead atoms. The molecule has 21 heavy (non-hydrogen) atoms. The normalized spacial score (nSPS) is 21.2. The zero-order valence-corrected chi connectivity index (χ0v) is 11.4. The van der Waals surface area contributed by atoms with Gasteiger partial charge in [0.05, 0.1) is 0 Å². The Morgan fingerprint density at radius 2 is 2.00 bits per heavy atom. The summed E-state index contributed by atoms with van der Waals surface area (Å²) in [5.74, 6) is -0.233. The van der Waals surface area contributed by atoms with E-state index in [0.29, 0.717) is 24.4 Å². The Bertz CT molecular complexity index is 641. The van der Waals surface area contributed by atoms with E-state index < -0.39 is 18.0 Å². The van der Waals surface area contributed by atoms with Gasteiger partial charge in [-0.15, -0.1) is 10.1 Å². The van der Waals surface area contributed by atoms with Gasteiger partial charge < -0.3 is 5.32 Å². The maximum absolute atomic E-state index is 12.3. The number of urea groups is 1. The predicted molar refractivity (Wildman–Crippen MR) is 75.3 cm³/mol. The number of anilines is 1. The van der Waals surface area contributed by atoms with Crippen molar-refractivity contribution in [3.8, 4) is 0 Å². The molecule has 0 aliphatic carbocycles. The van der Waals surface area contributed by atoms with E-state index in [2.05, 4.69) is 10.4 Å². The molecular weight excluding hydrogens is 272 g/mol. The number of benzene rings is 1. The minimum absolute atomic E-state index is 0.127. The molecule has 2 aliphatic rings. The molecule has 0 aromatic heterocycles. The molecule has 108 valence electrons. The molecule has 0 spiro atoms. The number of hydrogen-bond acceptors (Lipinski definition) is 4. The van der Waals surface area contributed by atoms with E-state index in [-0.39, 0.29) is 5.91 Å². The van der Waals surface area contributed by atoms with Crippen molar-refractivity contribution in [3.63, 3.8) is 0 Å². The first-order valence-corrected chi connectivity index (χ1v) is 6.65. The summed E-state index contributed by atoms with van der Waals surface area (Å²) in [5, 5.41) is 7.36. The molecule has 1 aromatic carbocycles. The van der Waals surface area contributed by atoms with Gasteiger partial charge in [-0.1, -0.05) is 18.2 Å². The average Bonchev–Trinajstić information content (AvgIpc) is 2.86. The van der Waals surface area contributed by atoms with Crippen molar-refractivity contribution in [2.75, 3.05) is 5.32 Å². The van der Waals surface area contributed by atoms with Crippen LogP contribution in [0.25, 0.3) is 0 Å². The third-order valence-electron chi connectivity index (χ3n) is 3.52. The average molecular weight is 286 g/mol. The fraction of sp³-hybridized carbons (Fsp3) is 0.286. The second kappa shape index (κ2) is 5.01. The van der Waals surface area contributed by atoms with Crippen LogP contribution in [0.1, 0.15) is 19.8 Å². The molecule has 7 heteroatoms. The Labute approximate surface area is 121 Å². The third kappa shape index (κ3) is 2.26. The number of hydrogen-bond donors (Lipinski definition) is 1. The van der Waals surface area contributed by atoms with Gasteiger partial charge in [-0.3, -0.25) is 14.5 Å². The number of carbonyl (C=O) groups excluding carboxylic acids is 3. The van der Waals surface area contributed by atoms with Crippen LogP contribution in [0.5, 0.6) is 0 Å². The number of nitrogens with one attached hydrogen (secondary N) is 1. The van der Waals surface area contributed by atoms with Crippen molar-refractivity contribution in [3.05, 3.63) is 30.3 Å². The molecule has 1 saturated heterocycles. The lowest BCUT2D eigenvalue weighted by Gasteiger charge is -2.31. The predicted octanol–water partition coefficient (Wildman–Crippen LogP) is 1.39. The minimum Gasteiger partial charge on any atom is -0.306 e. The van der Waals surface area contributed by atoms with Crippen LogP contribution in [0.3, 0.4) is 0 Å². The highest BCUT2D eigenvalue weighted by molar-refractivity contribution is 6.11. The summed E-state index contributed by atoms with van der Waals surface area (Å²) in [6.45, 7) is 1.62. The van der Waals surface area contributed by atoms with Gasteiger partial charge in [0.1, 0.15) is 11.9 Å². The van der Waals surface area contributed by atoms with Crippen LogP contribution < -0.4 is 5.32 Å². The summed E-state index contributed by atoms with van der Waals surface area (Å²) in [7, 11) is 0. The Balaban J connectivity index is 1.82. The number of fused-ring (bicyclic) bond motifs is 1. The van der Waals surface area contributed by atoms with Crippen LogP contribution in [0, 0.1) is 0 Å². The van der Waals surface area contributed by atoms with Gasteiger partial charge in [0.25, 0.3) is 5.91 Å². The van der Waals surface area contributed by atoms with Crippen molar-refractivity contribution in [2.24, 2.45) is 5.10 Å². The number of para-hydroxylation sites is 1. The van der Waals surface area contributed by atoms with Crippen LogP contribution >= 0.6 is 0 Å². The largest absolute Gasteiger partial charge is 0.349 e. The molecule has 4 amide bonds. The van der Waals surface area contributed by atoms with Crippen LogP contribution in [-0.4, -0.2) is 39.6 Å². The third-order valence-corrected chi connectivity index (χ3v) is 3.52. The van der Waals surface area contributed by atoms with E-state index in [9.17, 15) is 14.4 Å². The van der Waals surface area contributed by atoms with Crippen molar-refractivity contribution >= 4 is 29.4 Å². The Kier molecular flexibility index (Phi) is 3.17. The summed E-state index contributed by atoms with van der Waals surface area (Å²) in [6.07, 6.45) is 0.719. The number of carbonyl (C=O) groups is 3. The topological polar surface area (TPSA) is 82.1 Å². The molecule has 1 unspecified atom stereocenters. The highest BCUT2D eigenvalue weighted by Gasteiger charge is 2.45.